The topological polar surface area (TPSA) is 76.7 Å². The second kappa shape index (κ2) is 8.71. The van der Waals surface area contributed by atoms with E-state index in [-0.39, 0.29) is 25.0 Å². The Morgan fingerprint density at radius 3 is 2.26 bits per heavy atom. The molecular formula is C21H20N2O4. The van der Waals surface area contributed by atoms with E-state index in [1.165, 1.54) is 7.05 Å². The molecule has 2 N–H and O–H groups in total. The smallest absolute Gasteiger partial charge is 0.262 e. The van der Waals surface area contributed by atoms with Crippen LogP contribution in [0.4, 0.5) is 5.69 Å². The van der Waals surface area contributed by atoms with Crippen LogP contribution in [0.3, 0.4) is 0 Å². The van der Waals surface area contributed by atoms with Crippen LogP contribution in [-0.4, -0.2) is 32.1 Å². The van der Waals surface area contributed by atoms with Gasteiger partial charge in [0.1, 0.15) is 11.5 Å². The minimum absolute atomic E-state index is 0.0844. The highest BCUT2D eigenvalue weighted by atomic mass is 16.5. The lowest BCUT2D eigenvalue weighted by atomic mass is 10.1. The van der Waals surface area contributed by atoms with Gasteiger partial charge in [-0.05, 0) is 35.0 Å². The summed E-state index contributed by atoms with van der Waals surface area (Å²) in [6, 6.07) is 20.5. The molecule has 3 aromatic carbocycles. The van der Waals surface area contributed by atoms with Crippen LogP contribution in [0.1, 0.15) is 0 Å². The van der Waals surface area contributed by atoms with Gasteiger partial charge in [0.2, 0.25) is 0 Å². The Morgan fingerprint density at radius 1 is 0.778 bits per heavy atom. The van der Waals surface area contributed by atoms with E-state index in [0.29, 0.717) is 17.2 Å². The molecule has 0 saturated carbocycles. The van der Waals surface area contributed by atoms with Gasteiger partial charge >= 0.3 is 0 Å². The third-order valence-corrected chi connectivity index (χ3v) is 3.86. The van der Waals surface area contributed by atoms with Gasteiger partial charge in [-0.25, -0.2) is 0 Å². The molecule has 0 aliphatic rings. The first kappa shape index (κ1) is 18.3. The van der Waals surface area contributed by atoms with E-state index in [9.17, 15) is 9.59 Å². The third-order valence-electron chi connectivity index (χ3n) is 3.86. The Balaban J connectivity index is 1.54. The Kier molecular flexibility index (Phi) is 5.89. The first-order valence-electron chi connectivity index (χ1n) is 8.49. The molecule has 0 aliphatic heterocycles. The highest BCUT2D eigenvalue weighted by Gasteiger charge is 2.06. The van der Waals surface area contributed by atoms with Crippen molar-refractivity contribution in [3.63, 3.8) is 0 Å². The van der Waals surface area contributed by atoms with Gasteiger partial charge in [-0.15, -0.1) is 0 Å². The van der Waals surface area contributed by atoms with Crippen molar-refractivity contribution in [1.29, 1.82) is 0 Å². The summed E-state index contributed by atoms with van der Waals surface area (Å²) < 4.78 is 10.9. The zero-order valence-corrected chi connectivity index (χ0v) is 14.9. The largest absolute Gasteiger partial charge is 0.484 e. The summed E-state index contributed by atoms with van der Waals surface area (Å²) in [4.78, 5) is 23.4. The molecule has 0 fully saturated rings. The molecule has 0 atom stereocenters. The number of hydrogen-bond acceptors (Lipinski definition) is 4. The standard InChI is InChI=1S/C21H20N2O4/c1-22-20(24)13-26-18-8-4-7-17(12-18)23-21(25)14-27-19-10-9-15-5-2-3-6-16(15)11-19/h2-12H,13-14H2,1H3,(H,22,24)(H,23,25). The van der Waals surface area contributed by atoms with Crippen LogP contribution in [0.15, 0.2) is 66.7 Å². The number of hydrogen-bond donors (Lipinski definition) is 2. The van der Waals surface area contributed by atoms with Crippen LogP contribution < -0.4 is 20.1 Å². The lowest BCUT2D eigenvalue weighted by molar-refractivity contribution is -0.122. The SMILES string of the molecule is CNC(=O)COc1cccc(NC(=O)COc2ccc3ccccc3c2)c1. The summed E-state index contributed by atoms with van der Waals surface area (Å²) in [7, 11) is 1.54. The molecule has 0 aromatic heterocycles. The number of likely N-dealkylation sites (N-methyl/N-ethyl adjacent to an activating group) is 1. The molecule has 6 nitrogen and oxygen atoms in total. The fourth-order valence-electron chi connectivity index (χ4n) is 2.49. The number of carbonyl (C=O) groups is 2. The number of benzene rings is 3. The molecule has 0 aliphatic carbocycles. The molecule has 3 rings (SSSR count). The average molecular weight is 364 g/mol. The Hall–Kier alpha value is -3.54. The number of nitrogens with one attached hydrogen (secondary N) is 2. The van der Waals surface area contributed by atoms with Crippen molar-refractivity contribution >= 4 is 28.3 Å². The van der Waals surface area contributed by atoms with Crippen molar-refractivity contribution in [2.75, 3.05) is 25.6 Å². The first-order chi connectivity index (χ1) is 13.1. The van der Waals surface area contributed by atoms with Crippen molar-refractivity contribution in [3.8, 4) is 11.5 Å². The van der Waals surface area contributed by atoms with E-state index in [1.54, 1.807) is 24.3 Å². The minimum Gasteiger partial charge on any atom is -0.484 e. The summed E-state index contributed by atoms with van der Waals surface area (Å²) in [6.45, 7) is -0.194. The van der Waals surface area contributed by atoms with Crippen LogP contribution in [0.2, 0.25) is 0 Å². The zero-order valence-electron chi connectivity index (χ0n) is 14.9. The van der Waals surface area contributed by atoms with Gasteiger partial charge in [0.05, 0.1) is 0 Å². The van der Waals surface area contributed by atoms with Crippen molar-refractivity contribution in [2.45, 2.75) is 0 Å². The summed E-state index contributed by atoms with van der Waals surface area (Å²) in [6.07, 6.45) is 0. The van der Waals surface area contributed by atoms with E-state index in [4.69, 9.17) is 9.47 Å². The molecule has 6 heteroatoms. The fraction of sp³-hybridized carbons (Fsp3) is 0.143. The third kappa shape index (κ3) is 5.22. The molecule has 0 unspecified atom stereocenters. The van der Waals surface area contributed by atoms with E-state index < -0.39 is 0 Å². The lowest BCUT2D eigenvalue weighted by Crippen LogP contribution is -2.24. The monoisotopic (exact) mass is 364 g/mol. The second-order valence-electron chi connectivity index (χ2n) is 5.84. The van der Waals surface area contributed by atoms with Gasteiger partial charge < -0.3 is 20.1 Å². The number of rotatable bonds is 7. The maximum Gasteiger partial charge on any atom is 0.262 e. The number of ether oxygens (including phenoxy) is 2. The van der Waals surface area contributed by atoms with Crippen LogP contribution in [0, 0.1) is 0 Å². The maximum absolute atomic E-state index is 12.1. The van der Waals surface area contributed by atoms with Crippen molar-refractivity contribution in [1.82, 2.24) is 5.32 Å². The van der Waals surface area contributed by atoms with Gasteiger partial charge in [0, 0.05) is 18.8 Å². The van der Waals surface area contributed by atoms with Crippen molar-refractivity contribution in [2.24, 2.45) is 0 Å². The normalized spacial score (nSPS) is 10.3. The van der Waals surface area contributed by atoms with Gasteiger partial charge in [-0.2, -0.15) is 0 Å². The van der Waals surface area contributed by atoms with Gasteiger partial charge in [-0.3, -0.25) is 9.59 Å². The van der Waals surface area contributed by atoms with E-state index in [1.807, 2.05) is 42.5 Å². The number of amides is 2. The maximum atomic E-state index is 12.1. The van der Waals surface area contributed by atoms with Crippen LogP contribution in [-0.2, 0) is 9.59 Å². The lowest BCUT2D eigenvalue weighted by Gasteiger charge is -2.10. The molecule has 0 saturated heterocycles. The van der Waals surface area contributed by atoms with Crippen molar-refractivity contribution in [3.05, 3.63) is 66.7 Å². The second-order valence-corrected chi connectivity index (χ2v) is 5.84. The highest BCUT2D eigenvalue weighted by molar-refractivity contribution is 5.92. The Morgan fingerprint density at radius 2 is 1.48 bits per heavy atom. The van der Waals surface area contributed by atoms with Crippen molar-refractivity contribution < 1.29 is 19.1 Å². The quantitative estimate of drug-likeness (QED) is 0.676. The summed E-state index contributed by atoms with van der Waals surface area (Å²) in [5, 5.41) is 7.39. The van der Waals surface area contributed by atoms with Crippen LogP contribution in [0.25, 0.3) is 10.8 Å². The first-order valence-corrected chi connectivity index (χ1v) is 8.49. The number of fused-ring (bicyclic) bond motifs is 1. The average Bonchev–Trinajstić information content (AvgIpc) is 2.70. The van der Waals surface area contributed by atoms with Gasteiger partial charge in [0.25, 0.3) is 11.8 Å². The van der Waals surface area contributed by atoms with Gasteiger partial charge in [-0.1, -0.05) is 36.4 Å². The predicted molar refractivity (Wildman–Crippen MR) is 104 cm³/mol. The summed E-state index contributed by atoms with van der Waals surface area (Å²) in [5.41, 5.74) is 0.566. The highest BCUT2D eigenvalue weighted by Crippen LogP contribution is 2.21. The fourth-order valence-corrected chi connectivity index (χ4v) is 2.49. The number of carbonyl (C=O) groups excluding carboxylic acids is 2. The molecule has 0 spiro atoms. The van der Waals surface area contributed by atoms with Crippen LogP contribution >= 0.6 is 0 Å². The van der Waals surface area contributed by atoms with Crippen LogP contribution in [0.5, 0.6) is 11.5 Å². The molecule has 138 valence electrons. The molecule has 27 heavy (non-hydrogen) atoms. The number of anilines is 1. The molecule has 0 heterocycles. The molecule has 0 bridgehead atoms. The van der Waals surface area contributed by atoms with E-state index >= 15 is 0 Å². The Labute approximate surface area is 157 Å². The molecule has 0 radical (unpaired) electrons. The predicted octanol–water partition coefficient (Wildman–Crippen LogP) is 2.98. The van der Waals surface area contributed by atoms with E-state index in [2.05, 4.69) is 10.6 Å². The molecule has 3 aromatic rings. The zero-order chi connectivity index (χ0) is 19.1. The van der Waals surface area contributed by atoms with E-state index in [0.717, 1.165) is 10.8 Å². The Bertz CT molecular complexity index is 956. The van der Waals surface area contributed by atoms with Gasteiger partial charge in [0.15, 0.2) is 13.2 Å². The molecule has 2 amide bonds. The summed E-state index contributed by atoms with van der Waals surface area (Å²) in [5.74, 6) is 0.609. The minimum atomic E-state index is -0.286. The summed E-state index contributed by atoms with van der Waals surface area (Å²) >= 11 is 0. The molecular weight excluding hydrogens is 344 g/mol.